The van der Waals surface area contributed by atoms with Gasteiger partial charge in [-0.15, -0.1) is 0 Å². The highest BCUT2D eigenvalue weighted by Gasteiger charge is 2.14. The van der Waals surface area contributed by atoms with Crippen molar-refractivity contribution in [3.05, 3.63) is 44.7 Å². The first kappa shape index (κ1) is 15.2. The van der Waals surface area contributed by atoms with Crippen LogP contribution in [-0.2, 0) is 0 Å². The van der Waals surface area contributed by atoms with Crippen LogP contribution < -0.4 is 10.1 Å². The lowest BCUT2D eigenvalue weighted by molar-refractivity contribution is -0.385. The summed E-state index contributed by atoms with van der Waals surface area (Å²) in [7, 11) is 0. The summed E-state index contributed by atoms with van der Waals surface area (Å²) < 4.78 is 6.25. The molecule has 8 heteroatoms. The molecule has 0 amide bonds. The van der Waals surface area contributed by atoms with Crippen LogP contribution in [0.25, 0.3) is 0 Å². The zero-order valence-electron chi connectivity index (χ0n) is 11.5. The number of hydrogen-bond donors (Lipinski definition) is 1. The fourth-order valence-electron chi connectivity index (χ4n) is 1.72. The second-order valence-corrected chi connectivity index (χ2v) is 4.97. The molecule has 1 aromatic heterocycles. The molecule has 0 saturated heterocycles. The minimum Gasteiger partial charge on any atom is -0.438 e. The van der Waals surface area contributed by atoms with Crippen molar-refractivity contribution < 1.29 is 9.66 Å². The third-order valence-electron chi connectivity index (χ3n) is 2.68. The minimum absolute atomic E-state index is 0.0532. The van der Waals surface area contributed by atoms with E-state index < -0.39 is 4.92 Å². The number of nitro benzene ring substituents is 1. The fourth-order valence-corrected chi connectivity index (χ4v) is 2.15. The van der Waals surface area contributed by atoms with Gasteiger partial charge in [0, 0.05) is 18.2 Å². The summed E-state index contributed by atoms with van der Waals surface area (Å²) in [4.78, 5) is 18.5. The average Bonchev–Trinajstić information content (AvgIpc) is 2.43. The molecule has 21 heavy (non-hydrogen) atoms. The molecule has 2 rings (SSSR count). The number of hydrogen-bond acceptors (Lipinski definition) is 6. The molecule has 1 N–H and O–H groups in total. The number of ether oxygens (including phenoxy) is 1. The van der Waals surface area contributed by atoms with Gasteiger partial charge in [-0.3, -0.25) is 10.1 Å². The molecule has 0 atom stereocenters. The van der Waals surface area contributed by atoms with E-state index in [1.807, 2.05) is 6.92 Å². The minimum atomic E-state index is -0.428. The molecular weight excluding hydrogens is 340 g/mol. The topological polar surface area (TPSA) is 90.2 Å². The maximum absolute atomic E-state index is 10.8. The Labute approximate surface area is 129 Å². The van der Waals surface area contributed by atoms with Gasteiger partial charge in [-0.1, -0.05) is 0 Å². The van der Waals surface area contributed by atoms with Gasteiger partial charge in [0.15, 0.2) is 0 Å². The summed E-state index contributed by atoms with van der Waals surface area (Å²) in [5.41, 5.74) is 0.576. The lowest BCUT2D eigenvalue weighted by Crippen LogP contribution is -2.02. The summed E-state index contributed by atoms with van der Waals surface area (Å²) in [5, 5.41) is 13.9. The lowest BCUT2D eigenvalue weighted by atomic mass is 10.2. The van der Waals surface area contributed by atoms with Gasteiger partial charge in [0.05, 0.1) is 4.92 Å². The van der Waals surface area contributed by atoms with E-state index in [9.17, 15) is 10.1 Å². The van der Waals surface area contributed by atoms with Gasteiger partial charge in [-0.25, -0.2) is 9.97 Å². The average molecular weight is 353 g/mol. The lowest BCUT2D eigenvalue weighted by Gasteiger charge is -2.10. The van der Waals surface area contributed by atoms with Gasteiger partial charge < -0.3 is 10.1 Å². The van der Waals surface area contributed by atoms with Crippen LogP contribution in [-0.4, -0.2) is 21.4 Å². The summed E-state index contributed by atoms with van der Waals surface area (Å²) >= 11 is 3.38. The van der Waals surface area contributed by atoms with E-state index in [0.29, 0.717) is 34.0 Å². The number of rotatable bonds is 5. The maximum Gasteiger partial charge on any atom is 0.272 e. The number of nitrogens with one attached hydrogen (secondary N) is 1. The molecule has 0 aliphatic carbocycles. The molecule has 7 nitrogen and oxygen atoms in total. The Bertz CT molecular complexity index is 678. The van der Waals surface area contributed by atoms with E-state index in [-0.39, 0.29) is 5.69 Å². The van der Waals surface area contributed by atoms with Gasteiger partial charge in [-0.05, 0) is 41.9 Å². The van der Waals surface area contributed by atoms with E-state index in [0.717, 1.165) is 0 Å². The van der Waals surface area contributed by atoms with Crippen LogP contribution in [0, 0.1) is 17.0 Å². The third kappa shape index (κ3) is 3.46. The van der Waals surface area contributed by atoms with E-state index in [4.69, 9.17) is 4.74 Å². The Kier molecular flexibility index (Phi) is 4.69. The Balaban J connectivity index is 2.28. The molecule has 110 valence electrons. The van der Waals surface area contributed by atoms with Gasteiger partial charge in [0.25, 0.3) is 5.69 Å². The first-order valence-electron chi connectivity index (χ1n) is 6.20. The number of aromatic nitrogens is 2. The molecule has 0 spiro atoms. The summed E-state index contributed by atoms with van der Waals surface area (Å²) in [6.45, 7) is 4.32. The first-order valence-corrected chi connectivity index (χ1v) is 6.99. The molecule has 2 aromatic rings. The quantitative estimate of drug-likeness (QED) is 0.651. The zero-order valence-corrected chi connectivity index (χ0v) is 13.0. The molecular formula is C13H13BrN4O3. The Hall–Kier alpha value is -2.22. The monoisotopic (exact) mass is 352 g/mol. The van der Waals surface area contributed by atoms with Crippen LogP contribution >= 0.6 is 15.9 Å². The normalized spacial score (nSPS) is 10.2. The smallest absolute Gasteiger partial charge is 0.272 e. The largest absolute Gasteiger partial charge is 0.438 e. The van der Waals surface area contributed by atoms with Gasteiger partial charge >= 0.3 is 0 Å². The van der Waals surface area contributed by atoms with Crippen LogP contribution in [0.3, 0.4) is 0 Å². The van der Waals surface area contributed by atoms with Gasteiger partial charge in [-0.2, -0.15) is 0 Å². The highest BCUT2D eigenvalue weighted by molar-refractivity contribution is 9.10. The Morgan fingerprint density at radius 1 is 1.43 bits per heavy atom. The molecule has 0 unspecified atom stereocenters. The molecule has 0 aliphatic heterocycles. The zero-order chi connectivity index (χ0) is 15.4. The van der Waals surface area contributed by atoms with Gasteiger partial charge in [0.1, 0.15) is 22.4 Å². The summed E-state index contributed by atoms with van der Waals surface area (Å²) in [6, 6.07) is 4.54. The van der Waals surface area contributed by atoms with Crippen molar-refractivity contribution in [3.8, 4) is 11.6 Å². The van der Waals surface area contributed by atoms with Crippen molar-refractivity contribution >= 4 is 27.4 Å². The summed E-state index contributed by atoms with van der Waals surface area (Å²) in [5.74, 6) is 1.44. The predicted molar refractivity (Wildman–Crippen MR) is 81.8 cm³/mol. The number of aryl methyl sites for hydroxylation is 1. The predicted octanol–water partition coefficient (Wildman–Crippen LogP) is 3.68. The fraction of sp³-hybridized carbons (Fsp3) is 0.231. The number of benzene rings is 1. The van der Waals surface area contributed by atoms with Crippen molar-refractivity contribution in [3.63, 3.8) is 0 Å². The molecule has 0 aliphatic rings. The molecule has 0 radical (unpaired) electrons. The molecule has 0 fully saturated rings. The van der Waals surface area contributed by atoms with Crippen molar-refractivity contribution in [2.45, 2.75) is 13.8 Å². The molecule has 1 heterocycles. The highest BCUT2D eigenvalue weighted by atomic mass is 79.9. The third-order valence-corrected chi connectivity index (χ3v) is 3.40. The van der Waals surface area contributed by atoms with Gasteiger partial charge in [0.2, 0.25) is 5.88 Å². The molecule has 0 saturated carbocycles. The van der Waals surface area contributed by atoms with Crippen LogP contribution in [0.1, 0.15) is 12.5 Å². The maximum atomic E-state index is 10.8. The number of anilines is 1. The summed E-state index contributed by atoms with van der Waals surface area (Å²) in [6.07, 6.45) is 1.39. The van der Waals surface area contributed by atoms with Crippen molar-refractivity contribution in [2.75, 3.05) is 11.9 Å². The van der Waals surface area contributed by atoms with Crippen LogP contribution in [0.4, 0.5) is 11.5 Å². The van der Waals surface area contributed by atoms with Crippen LogP contribution in [0.15, 0.2) is 29.0 Å². The Morgan fingerprint density at radius 3 is 2.81 bits per heavy atom. The standard InChI is InChI=1S/C13H13BrN4O3/c1-3-15-12-11(14)13(17-7-16-12)21-9-4-5-10(18(19)20)8(2)6-9/h4-7H,3H2,1-2H3,(H,15,16,17). The number of nitro groups is 1. The second kappa shape index (κ2) is 6.49. The van der Waals surface area contributed by atoms with Crippen molar-refractivity contribution in [1.82, 2.24) is 9.97 Å². The number of nitrogens with zero attached hydrogens (tertiary/aromatic N) is 3. The van der Waals surface area contributed by atoms with Crippen molar-refractivity contribution in [2.24, 2.45) is 0 Å². The SMILES string of the molecule is CCNc1ncnc(Oc2ccc([N+](=O)[O-])c(C)c2)c1Br. The Morgan fingerprint density at radius 2 is 2.19 bits per heavy atom. The van der Waals surface area contributed by atoms with E-state index >= 15 is 0 Å². The van der Waals surface area contributed by atoms with Crippen molar-refractivity contribution in [1.29, 1.82) is 0 Å². The van der Waals surface area contributed by atoms with E-state index in [1.54, 1.807) is 13.0 Å². The number of halogens is 1. The first-order chi connectivity index (χ1) is 10.0. The van der Waals surface area contributed by atoms with E-state index in [1.165, 1.54) is 18.5 Å². The molecule has 1 aromatic carbocycles. The molecule has 0 bridgehead atoms. The van der Waals surface area contributed by atoms with Crippen LogP contribution in [0.5, 0.6) is 11.6 Å². The van der Waals surface area contributed by atoms with Crippen LogP contribution in [0.2, 0.25) is 0 Å². The van der Waals surface area contributed by atoms with E-state index in [2.05, 4.69) is 31.2 Å². The highest BCUT2D eigenvalue weighted by Crippen LogP contribution is 2.33. The second-order valence-electron chi connectivity index (χ2n) is 4.18.